The summed E-state index contributed by atoms with van der Waals surface area (Å²) in [7, 11) is 0. The molecule has 2 amide bonds. The Morgan fingerprint density at radius 1 is 1.18 bits per heavy atom. The highest BCUT2D eigenvalue weighted by Gasteiger charge is 2.27. The number of hydrogen-bond donors (Lipinski definition) is 4. The van der Waals surface area contributed by atoms with E-state index in [2.05, 4.69) is 10.6 Å². The lowest BCUT2D eigenvalue weighted by atomic mass is 9.99. The fourth-order valence-corrected chi connectivity index (χ4v) is 2.13. The van der Waals surface area contributed by atoms with Gasteiger partial charge in [0.15, 0.2) is 0 Å². The highest BCUT2D eigenvalue weighted by molar-refractivity contribution is 7.98. The number of aliphatic carboxylic acids is 1. The van der Waals surface area contributed by atoms with Gasteiger partial charge in [-0.1, -0.05) is 20.3 Å². The maximum atomic E-state index is 12.1. The molecule has 8 heteroatoms. The number of carbonyl (C=O) groups excluding carboxylic acids is 2. The number of carboxylic acid groups (broad SMARTS) is 1. The molecule has 0 saturated heterocycles. The van der Waals surface area contributed by atoms with E-state index in [1.54, 1.807) is 0 Å². The fraction of sp³-hybridized carbons (Fsp3) is 0.786. The molecule has 128 valence electrons. The maximum absolute atomic E-state index is 12.1. The van der Waals surface area contributed by atoms with Crippen molar-refractivity contribution >= 4 is 29.5 Å². The summed E-state index contributed by atoms with van der Waals surface area (Å²) in [5, 5.41) is 13.8. The summed E-state index contributed by atoms with van der Waals surface area (Å²) in [4.78, 5) is 35.0. The molecule has 0 aliphatic heterocycles. The van der Waals surface area contributed by atoms with Gasteiger partial charge >= 0.3 is 5.97 Å². The van der Waals surface area contributed by atoms with Gasteiger partial charge < -0.3 is 21.5 Å². The predicted octanol–water partition coefficient (Wildman–Crippen LogP) is 0.187. The zero-order chi connectivity index (χ0) is 17.3. The largest absolute Gasteiger partial charge is 0.480 e. The lowest BCUT2D eigenvalue weighted by molar-refractivity contribution is -0.141. The van der Waals surface area contributed by atoms with E-state index in [0.29, 0.717) is 12.2 Å². The molecule has 0 bridgehead atoms. The number of nitrogens with one attached hydrogen (secondary N) is 2. The number of nitrogens with two attached hydrogens (primary N) is 1. The van der Waals surface area contributed by atoms with E-state index in [9.17, 15) is 14.4 Å². The number of carboxylic acids is 1. The molecular formula is C14H27N3O4S. The van der Waals surface area contributed by atoms with Crippen molar-refractivity contribution in [2.75, 3.05) is 12.0 Å². The molecule has 22 heavy (non-hydrogen) atoms. The van der Waals surface area contributed by atoms with Crippen LogP contribution in [0.25, 0.3) is 0 Å². The Balaban J connectivity index is 4.79. The Bertz CT molecular complexity index is 392. The quantitative estimate of drug-likeness (QED) is 0.453. The van der Waals surface area contributed by atoms with Crippen LogP contribution in [0.3, 0.4) is 0 Å². The summed E-state index contributed by atoms with van der Waals surface area (Å²) < 4.78 is 0. The summed E-state index contributed by atoms with van der Waals surface area (Å²) in [5.74, 6) is -1.35. The minimum atomic E-state index is -1.13. The van der Waals surface area contributed by atoms with Crippen LogP contribution in [0.5, 0.6) is 0 Å². The Morgan fingerprint density at radius 2 is 1.77 bits per heavy atom. The molecule has 7 nitrogen and oxygen atoms in total. The van der Waals surface area contributed by atoms with E-state index in [0.717, 1.165) is 6.42 Å². The summed E-state index contributed by atoms with van der Waals surface area (Å²) in [6.45, 7) is 5.18. The molecule has 0 heterocycles. The van der Waals surface area contributed by atoms with Crippen molar-refractivity contribution in [1.82, 2.24) is 10.6 Å². The summed E-state index contributed by atoms with van der Waals surface area (Å²) in [6.07, 6.45) is 3.06. The molecule has 0 rings (SSSR count). The second kappa shape index (κ2) is 10.4. The van der Waals surface area contributed by atoms with Gasteiger partial charge in [-0.15, -0.1) is 0 Å². The lowest BCUT2D eigenvalue weighted by Crippen LogP contribution is -2.55. The van der Waals surface area contributed by atoms with Crippen molar-refractivity contribution in [3.63, 3.8) is 0 Å². The first-order valence-electron chi connectivity index (χ1n) is 7.32. The Kier molecular flexibility index (Phi) is 9.84. The first kappa shape index (κ1) is 20.7. The third-order valence-electron chi connectivity index (χ3n) is 3.53. The van der Waals surface area contributed by atoms with Gasteiger partial charge in [0.2, 0.25) is 11.8 Å². The number of thioether (sulfide) groups is 1. The van der Waals surface area contributed by atoms with E-state index in [1.165, 1.54) is 18.7 Å². The van der Waals surface area contributed by atoms with Crippen molar-refractivity contribution in [1.29, 1.82) is 0 Å². The molecule has 0 aromatic heterocycles. The molecule has 4 unspecified atom stereocenters. The van der Waals surface area contributed by atoms with Crippen LogP contribution in [-0.2, 0) is 14.4 Å². The SMILES string of the molecule is CCC(C)C(N)C(=O)NC(CCSC)C(=O)NC(C)C(=O)O. The van der Waals surface area contributed by atoms with Crippen LogP contribution >= 0.6 is 11.8 Å². The number of rotatable bonds is 10. The van der Waals surface area contributed by atoms with Crippen molar-refractivity contribution in [2.24, 2.45) is 11.7 Å². The average molecular weight is 333 g/mol. The summed E-state index contributed by atoms with van der Waals surface area (Å²) in [5.41, 5.74) is 5.85. The van der Waals surface area contributed by atoms with Crippen LogP contribution in [-0.4, -0.2) is 53.0 Å². The standard InChI is InChI=1S/C14H27N3O4S/c1-5-8(2)11(15)13(19)17-10(6-7-22-4)12(18)16-9(3)14(20)21/h8-11H,5-7,15H2,1-4H3,(H,16,18)(H,17,19)(H,20,21). The van der Waals surface area contributed by atoms with Gasteiger partial charge in [-0.05, 0) is 31.3 Å². The maximum Gasteiger partial charge on any atom is 0.325 e. The molecule has 0 aliphatic carbocycles. The normalized spacial score (nSPS) is 16.2. The van der Waals surface area contributed by atoms with Crippen LogP contribution in [0.4, 0.5) is 0 Å². The van der Waals surface area contributed by atoms with Crippen LogP contribution in [0.1, 0.15) is 33.6 Å². The molecule has 0 saturated carbocycles. The Labute approximate surface area is 135 Å². The summed E-state index contributed by atoms with van der Waals surface area (Å²) in [6, 6.07) is -2.48. The van der Waals surface area contributed by atoms with Crippen molar-refractivity contribution in [3.8, 4) is 0 Å². The molecule has 5 N–H and O–H groups in total. The molecule has 0 spiro atoms. The minimum absolute atomic E-state index is 0.00204. The van der Waals surface area contributed by atoms with Crippen molar-refractivity contribution in [2.45, 2.75) is 51.7 Å². The van der Waals surface area contributed by atoms with E-state index in [4.69, 9.17) is 10.8 Å². The van der Waals surface area contributed by atoms with Crippen molar-refractivity contribution < 1.29 is 19.5 Å². The summed E-state index contributed by atoms with van der Waals surface area (Å²) >= 11 is 1.54. The second-order valence-electron chi connectivity index (χ2n) is 5.32. The first-order chi connectivity index (χ1) is 10.2. The zero-order valence-corrected chi connectivity index (χ0v) is 14.4. The average Bonchev–Trinajstić information content (AvgIpc) is 2.48. The predicted molar refractivity (Wildman–Crippen MR) is 87.6 cm³/mol. The third-order valence-corrected chi connectivity index (χ3v) is 4.18. The highest BCUT2D eigenvalue weighted by Crippen LogP contribution is 2.07. The zero-order valence-electron chi connectivity index (χ0n) is 13.6. The van der Waals surface area contributed by atoms with Crippen molar-refractivity contribution in [3.05, 3.63) is 0 Å². The molecule has 4 atom stereocenters. The second-order valence-corrected chi connectivity index (χ2v) is 6.31. The topological polar surface area (TPSA) is 122 Å². The highest BCUT2D eigenvalue weighted by atomic mass is 32.2. The molecule has 0 aromatic rings. The monoisotopic (exact) mass is 333 g/mol. The molecular weight excluding hydrogens is 306 g/mol. The van der Waals surface area contributed by atoms with Gasteiger partial charge in [0.05, 0.1) is 6.04 Å². The van der Waals surface area contributed by atoms with Gasteiger partial charge in [-0.3, -0.25) is 14.4 Å². The van der Waals surface area contributed by atoms with E-state index < -0.39 is 35.9 Å². The van der Waals surface area contributed by atoms with Crippen LogP contribution < -0.4 is 16.4 Å². The Hall–Kier alpha value is -1.28. The lowest BCUT2D eigenvalue weighted by Gasteiger charge is -2.23. The molecule has 0 fully saturated rings. The van der Waals surface area contributed by atoms with Crippen LogP contribution in [0.2, 0.25) is 0 Å². The van der Waals surface area contributed by atoms with Gasteiger partial charge in [-0.2, -0.15) is 11.8 Å². The van der Waals surface area contributed by atoms with Gasteiger partial charge in [-0.25, -0.2) is 0 Å². The number of hydrogen-bond acceptors (Lipinski definition) is 5. The molecule has 0 aromatic carbocycles. The Morgan fingerprint density at radius 3 is 2.23 bits per heavy atom. The van der Waals surface area contributed by atoms with Crippen LogP contribution in [0, 0.1) is 5.92 Å². The molecule has 0 aliphatic rings. The van der Waals surface area contributed by atoms with Gasteiger partial charge in [0.25, 0.3) is 0 Å². The van der Waals surface area contributed by atoms with Gasteiger partial charge in [0, 0.05) is 0 Å². The van der Waals surface area contributed by atoms with E-state index in [-0.39, 0.29) is 5.92 Å². The smallest absolute Gasteiger partial charge is 0.325 e. The number of amides is 2. The molecule has 0 radical (unpaired) electrons. The minimum Gasteiger partial charge on any atom is -0.480 e. The van der Waals surface area contributed by atoms with E-state index >= 15 is 0 Å². The fourth-order valence-electron chi connectivity index (χ4n) is 1.66. The third kappa shape index (κ3) is 7.13. The first-order valence-corrected chi connectivity index (χ1v) is 8.72. The van der Waals surface area contributed by atoms with E-state index in [1.807, 2.05) is 20.1 Å². The number of carbonyl (C=O) groups is 3. The van der Waals surface area contributed by atoms with Crippen LogP contribution in [0.15, 0.2) is 0 Å². The van der Waals surface area contributed by atoms with Gasteiger partial charge in [0.1, 0.15) is 12.1 Å².